The zero-order valence-electron chi connectivity index (χ0n) is 14.5. The highest BCUT2D eigenvalue weighted by Gasteiger charge is 2.26. The van der Waals surface area contributed by atoms with E-state index in [1.165, 1.54) is 16.7 Å². The van der Waals surface area contributed by atoms with Crippen molar-refractivity contribution in [2.75, 3.05) is 20.1 Å². The number of aromatic nitrogens is 1. The van der Waals surface area contributed by atoms with E-state index in [1.54, 1.807) is 12.4 Å². The van der Waals surface area contributed by atoms with Crippen LogP contribution in [0.15, 0.2) is 48.8 Å². The van der Waals surface area contributed by atoms with Crippen molar-refractivity contribution in [3.05, 3.63) is 65.5 Å². The molecule has 1 aromatic heterocycles. The van der Waals surface area contributed by atoms with Gasteiger partial charge in [0.2, 0.25) is 5.91 Å². The maximum absolute atomic E-state index is 12.7. The van der Waals surface area contributed by atoms with Crippen molar-refractivity contribution in [3.63, 3.8) is 0 Å². The standard InChI is InChI=1S/C20H25N3O/c1-16(23-14-10-18-5-3-4-6-19(18)15-23)20(24)22(2)13-9-17-7-11-21-12-8-17/h3-8,11-12,16H,9-10,13-15H2,1-2H3/t16-/m1/s1. The van der Waals surface area contributed by atoms with Crippen molar-refractivity contribution < 1.29 is 4.79 Å². The van der Waals surface area contributed by atoms with E-state index in [0.717, 1.165) is 32.5 Å². The number of carbonyl (C=O) groups is 1. The van der Waals surface area contributed by atoms with E-state index in [4.69, 9.17) is 0 Å². The summed E-state index contributed by atoms with van der Waals surface area (Å²) in [6, 6.07) is 12.5. The number of amides is 1. The van der Waals surface area contributed by atoms with Gasteiger partial charge in [0.1, 0.15) is 0 Å². The highest BCUT2D eigenvalue weighted by atomic mass is 16.2. The molecule has 24 heavy (non-hydrogen) atoms. The molecule has 1 aliphatic heterocycles. The Morgan fingerprint density at radius 2 is 1.92 bits per heavy atom. The number of rotatable bonds is 5. The summed E-state index contributed by atoms with van der Waals surface area (Å²) >= 11 is 0. The second-order valence-corrected chi connectivity index (χ2v) is 6.53. The van der Waals surface area contributed by atoms with E-state index in [9.17, 15) is 4.79 Å². The number of hydrogen-bond donors (Lipinski definition) is 0. The molecule has 1 aromatic carbocycles. The minimum absolute atomic E-state index is 0.0826. The molecule has 2 heterocycles. The maximum atomic E-state index is 12.7. The molecule has 0 fully saturated rings. The van der Waals surface area contributed by atoms with Gasteiger partial charge in [0.15, 0.2) is 0 Å². The maximum Gasteiger partial charge on any atom is 0.239 e. The molecule has 1 aliphatic rings. The Balaban J connectivity index is 1.56. The van der Waals surface area contributed by atoms with Gasteiger partial charge in [0.25, 0.3) is 0 Å². The van der Waals surface area contributed by atoms with Crippen LogP contribution in [0.25, 0.3) is 0 Å². The summed E-state index contributed by atoms with van der Waals surface area (Å²) in [5.74, 6) is 0.198. The minimum atomic E-state index is -0.0826. The number of pyridine rings is 1. The SMILES string of the molecule is C[C@H](C(=O)N(C)CCc1ccncc1)N1CCc2ccccc2C1. The normalized spacial score (nSPS) is 15.6. The molecule has 0 spiro atoms. The average molecular weight is 323 g/mol. The van der Waals surface area contributed by atoms with E-state index in [1.807, 2.05) is 31.0 Å². The van der Waals surface area contributed by atoms with Crippen molar-refractivity contribution in [2.24, 2.45) is 0 Å². The second-order valence-electron chi connectivity index (χ2n) is 6.53. The molecule has 4 nitrogen and oxygen atoms in total. The van der Waals surface area contributed by atoms with Gasteiger partial charge in [-0.2, -0.15) is 0 Å². The summed E-state index contributed by atoms with van der Waals surface area (Å²) < 4.78 is 0. The molecule has 0 N–H and O–H groups in total. The van der Waals surface area contributed by atoms with Crippen LogP contribution in [-0.4, -0.2) is 46.9 Å². The third-order valence-corrected chi connectivity index (χ3v) is 4.93. The predicted molar refractivity (Wildman–Crippen MR) is 95.6 cm³/mol. The van der Waals surface area contributed by atoms with Gasteiger partial charge >= 0.3 is 0 Å². The molecule has 1 atom stereocenters. The van der Waals surface area contributed by atoms with Crippen LogP contribution >= 0.6 is 0 Å². The van der Waals surface area contributed by atoms with E-state index in [2.05, 4.69) is 34.1 Å². The lowest BCUT2D eigenvalue weighted by atomic mass is 9.98. The fraction of sp³-hybridized carbons (Fsp3) is 0.400. The summed E-state index contributed by atoms with van der Waals surface area (Å²) in [5.41, 5.74) is 3.98. The van der Waals surface area contributed by atoms with E-state index >= 15 is 0 Å². The van der Waals surface area contributed by atoms with Crippen molar-refractivity contribution in [1.29, 1.82) is 0 Å². The van der Waals surface area contributed by atoms with Gasteiger partial charge < -0.3 is 4.90 Å². The minimum Gasteiger partial charge on any atom is -0.344 e. The highest BCUT2D eigenvalue weighted by Crippen LogP contribution is 2.20. The molecular formula is C20H25N3O. The number of carbonyl (C=O) groups excluding carboxylic acids is 1. The first-order valence-corrected chi connectivity index (χ1v) is 8.60. The zero-order chi connectivity index (χ0) is 16.9. The van der Waals surface area contributed by atoms with Crippen molar-refractivity contribution >= 4 is 5.91 Å². The smallest absolute Gasteiger partial charge is 0.239 e. The summed E-state index contributed by atoms with van der Waals surface area (Å²) in [5, 5.41) is 0. The Kier molecular flexibility index (Phi) is 5.26. The number of benzene rings is 1. The Labute approximate surface area is 144 Å². The molecule has 0 saturated heterocycles. The lowest BCUT2D eigenvalue weighted by Crippen LogP contribution is -2.47. The summed E-state index contributed by atoms with van der Waals surface area (Å²) in [4.78, 5) is 20.9. The fourth-order valence-electron chi connectivity index (χ4n) is 3.28. The van der Waals surface area contributed by atoms with E-state index in [-0.39, 0.29) is 11.9 Å². The molecule has 4 heteroatoms. The van der Waals surface area contributed by atoms with Crippen LogP contribution in [0.3, 0.4) is 0 Å². The first-order valence-electron chi connectivity index (χ1n) is 8.60. The second kappa shape index (κ2) is 7.58. The summed E-state index contributed by atoms with van der Waals surface area (Å²) in [6.45, 7) is 4.57. The van der Waals surface area contributed by atoms with Crippen molar-refractivity contribution in [2.45, 2.75) is 32.4 Å². The van der Waals surface area contributed by atoms with Gasteiger partial charge in [-0.25, -0.2) is 0 Å². The lowest BCUT2D eigenvalue weighted by molar-refractivity contribution is -0.135. The van der Waals surface area contributed by atoms with Gasteiger partial charge in [0, 0.05) is 39.1 Å². The Morgan fingerprint density at radius 3 is 2.67 bits per heavy atom. The van der Waals surface area contributed by atoms with Gasteiger partial charge in [-0.3, -0.25) is 14.7 Å². The van der Waals surface area contributed by atoms with Crippen LogP contribution in [0.5, 0.6) is 0 Å². The topological polar surface area (TPSA) is 36.4 Å². The predicted octanol–water partition coefficient (Wildman–Crippen LogP) is 2.53. The summed E-state index contributed by atoms with van der Waals surface area (Å²) in [6.07, 6.45) is 5.48. The van der Waals surface area contributed by atoms with Gasteiger partial charge in [-0.15, -0.1) is 0 Å². The molecule has 0 radical (unpaired) electrons. The van der Waals surface area contributed by atoms with Gasteiger partial charge in [-0.05, 0) is 48.6 Å². The first-order chi connectivity index (χ1) is 11.6. The Morgan fingerprint density at radius 1 is 1.21 bits per heavy atom. The fourth-order valence-corrected chi connectivity index (χ4v) is 3.28. The number of hydrogen-bond acceptors (Lipinski definition) is 3. The highest BCUT2D eigenvalue weighted by molar-refractivity contribution is 5.81. The molecule has 0 unspecified atom stereocenters. The zero-order valence-corrected chi connectivity index (χ0v) is 14.5. The van der Waals surface area contributed by atoms with E-state index < -0.39 is 0 Å². The van der Waals surface area contributed by atoms with Crippen molar-refractivity contribution in [1.82, 2.24) is 14.8 Å². The molecule has 0 aliphatic carbocycles. The van der Waals surface area contributed by atoms with E-state index in [0.29, 0.717) is 0 Å². The van der Waals surface area contributed by atoms with Crippen LogP contribution < -0.4 is 0 Å². The molecule has 126 valence electrons. The first kappa shape index (κ1) is 16.7. The quantitative estimate of drug-likeness (QED) is 0.848. The number of fused-ring (bicyclic) bond motifs is 1. The Bertz CT molecular complexity index is 686. The number of nitrogens with zero attached hydrogens (tertiary/aromatic N) is 3. The number of likely N-dealkylation sites (N-methyl/N-ethyl adjacent to an activating group) is 1. The third-order valence-electron chi connectivity index (χ3n) is 4.93. The lowest BCUT2D eigenvalue weighted by Gasteiger charge is -2.34. The molecule has 3 rings (SSSR count). The van der Waals surface area contributed by atoms with Crippen molar-refractivity contribution in [3.8, 4) is 0 Å². The van der Waals surface area contributed by atoms with Crippen LogP contribution in [0.2, 0.25) is 0 Å². The van der Waals surface area contributed by atoms with Crippen LogP contribution in [0.4, 0.5) is 0 Å². The van der Waals surface area contributed by atoms with Crippen LogP contribution in [0.1, 0.15) is 23.6 Å². The van der Waals surface area contributed by atoms with Crippen LogP contribution in [-0.2, 0) is 24.2 Å². The average Bonchev–Trinajstić information content (AvgIpc) is 2.65. The Hall–Kier alpha value is -2.20. The molecule has 2 aromatic rings. The van der Waals surface area contributed by atoms with Crippen LogP contribution in [0, 0.1) is 0 Å². The molecule has 1 amide bonds. The molecule has 0 saturated carbocycles. The molecular weight excluding hydrogens is 298 g/mol. The summed E-state index contributed by atoms with van der Waals surface area (Å²) in [7, 11) is 1.90. The largest absolute Gasteiger partial charge is 0.344 e. The van der Waals surface area contributed by atoms with Gasteiger partial charge in [0.05, 0.1) is 6.04 Å². The van der Waals surface area contributed by atoms with Gasteiger partial charge in [-0.1, -0.05) is 24.3 Å². The third kappa shape index (κ3) is 3.82. The molecule has 0 bridgehead atoms. The monoisotopic (exact) mass is 323 g/mol.